The number of rotatable bonds is 7. The lowest BCUT2D eigenvalue weighted by Gasteiger charge is -2.10. The second kappa shape index (κ2) is 7.62. The van der Waals surface area contributed by atoms with E-state index in [1.54, 1.807) is 0 Å². The SMILES string of the molecule is CCCCNc1cc(NCc2cccc(C)c2)nc(C)n1. The Morgan fingerprint density at radius 3 is 2.48 bits per heavy atom. The highest BCUT2D eigenvalue weighted by atomic mass is 15.1. The number of unbranched alkanes of at least 4 members (excludes halogenated alkanes) is 1. The predicted molar refractivity (Wildman–Crippen MR) is 88.7 cm³/mol. The average Bonchev–Trinajstić information content (AvgIpc) is 2.45. The molecule has 0 aliphatic heterocycles. The maximum Gasteiger partial charge on any atom is 0.132 e. The van der Waals surface area contributed by atoms with Crippen molar-refractivity contribution in [3.63, 3.8) is 0 Å². The summed E-state index contributed by atoms with van der Waals surface area (Å²) in [6.07, 6.45) is 2.32. The number of nitrogens with zero attached hydrogens (tertiary/aromatic N) is 2. The van der Waals surface area contributed by atoms with Gasteiger partial charge in [-0.1, -0.05) is 43.2 Å². The van der Waals surface area contributed by atoms with Gasteiger partial charge in [-0.05, 0) is 25.8 Å². The molecule has 0 bridgehead atoms. The maximum absolute atomic E-state index is 4.44. The number of benzene rings is 1. The van der Waals surface area contributed by atoms with Crippen molar-refractivity contribution in [2.75, 3.05) is 17.2 Å². The third-order valence-corrected chi connectivity index (χ3v) is 3.23. The van der Waals surface area contributed by atoms with Gasteiger partial charge in [0.05, 0.1) is 0 Å². The second-order valence-electron chi connectivity index (χ2n) is 5.31. The minimum Gasteiger partial charge on any atom is -0.370 e. The summed E-state index contributed by atoms with van der Waals surface area (Å²) in [5, 5.41) is 6.71. The topological polar surface area (TPSA) is 49.8 Å². The van der Waals surface area contributed by atoms with Crippen LogP contribution in [0, 0.1) is 13.8 Å². The van der Waals surface area contributed by atoms with Gasteiger partial charge in [0.2, 0.25) is 0 Å². The largest absolute Gasteiger partial charge is 0.370 e. The van der Waals surface area contributed by atoms with E-state index in [4.69, 9.17) is 0 Å². The quantitative estimate of drug-likeness (QED) is 0.757. The van der Waals surface area contributed by atoms with E-state index in [2.05, 4.69) is 58.7 Å². The van der Waals surface area contributed by atoms with Crippen molar-refractivity contribution in [1.82, 2.24) is 9.97 Å². The summed E-state index contributed by atoms with van der Waals surface area (Å²) < 4.78 is 0. The highest BCUT2D eigenvalue weighted by Gasteiger charge is 2.02. The van der Waals surface area contributed by atoms with E-state index in [1.165, 1.54) is 17.5 Å². The molecule has 0 saturated carbocycles. The summed E-state index contributed by atoms with van der Waals surface area (Å²) in [5.74, 6) is 2.54. The fraction of sp³-hybridized carbons (Fsp3) is 0.412. The predicted octanol–water partition coefficient (Wildman–Crippen LogP) is 3.92. The van der Waals surface area contributed by atoms with Gasteiger partial charge in [-0.3, -0.25) is 0 Å². The molecule has 0 unspecified atom stereocenters. The first kappa shape index (κ1) is 15.3. The van der Waals surface area contributed by atoms with E-state index in [9.17, 15) is 0 Å². The van der Waals surface area contributed by atoms with Crippen LogP contribution in [0.4, 0.5) is 11.6 Å². The van der Waals surface area contributed by atoms with Gasteiger partial charge in [-0.25, -0.2) is 9.97 Å². The molecule has 112 valence electrons. The van der Waals surface area contributed by atoms with Crippen LogP contribution in [0.3, 0.4) is 0 Å². The van der Waals surface area contributed by atoms with Gasteiger partial charge in [0.15, 0.2) is 0 Å². The van der Waals surface area contributed by atoms with Crippen LogP contribution in [-0.4, -0.2) is 16.5 Å². The van der Waals surface area contributed by atoms with Crippen LogP contribution < -0.4 is 10.6 Å². The molecule has 0 aliphatic rings. The van der Waals surface area contributed by atoms with Crippen molar-refractivity contribution < 1.29 is 0 Å². The van der Waals surface area contributed by atoms with Gasteiger partial charge in [0.1, 0.15) is 17.5 Å². The molecule has 0 radical (unpaired) electrons. The van der Waals surface area contributed by atoms with Crippen molar-refractivity contribution >= 4 is 11.6 Å². The molecule has 1 aromatic heterocycles. The summed E-state index contributed by atoms with van der Waals surface area (Å²) in [7, 11) is 0. The van der Waals surface area contributed by atoms with Crippen LogP contribution in [0.1, 0.15) is 36.7 Å². The Hall–Kier alpha value is -2.10. The standard InChI is InChI=1S/C17H24N4/c1-4-5-9-18-16-11-17(21-14(3)20-16)19-12-15-8-6-7-13(2)10-15/h6-8,10-11H,4-5,9,12H2,1-3H3,(H2,18,19,20,21). The summed E-state index contributed by atoms with van der Waals surface area (Å²) in [4.78, 5) is 8.85. The van der Waals surface area contributed by atoms with Crippen LogP contribution >= 0.6 is 0 Å². The molecule has 0 aliphatic carbocycles. The average molecular weight is 284 g/mol. The molecule has 0 atom stereocenters. The Kier molecular flexibility index (Phi) is 5.55. The van der Waals surface area contributed by atoms with Crippen LogP contribution in [0.25, 0.3) is 0 Å². The lowest BCUT2D eigenvalue weighted by molar-refractivity contribution is 0.829. The Balaban J connectivity index is 1.99. The third-order valence-electron chi connectivity index (χ3n) is 3.23. The minimum absolute atomic E-state index is 0.770. The van der Waals surface area contributed by atoms with Crippen LogP contribution in [0.5, 0.6) is 0 Å². The van der Waals surface area contributed by atoms with Crippen molar-refractivity contribution in [3.8, 4) is 0 Å². The molecule has 21 heavy (non-hydrogen) atoms. The second-order valence-corrected chi connectivity index (χ2v) is 5.31. The Morgan fingerprint density at radius 2 is 1.76 bits per heavy atom. The first-order valence-corrected chi connectivity index (χ1v) is 7.56. The van der Waals surface area contributed by atoms with E-state index < -0.39 is 0 Å². The van der Waals surface area contributed by atoms with Crippen molar-refractivity contribution in [2.24, 2.45) is 0 Å². The van der Waals surface area contributed by atoms with Gasteiger partial charge < -0.3 is 10.6 Å². The van der Waals surface area contributed by atoms with Crippen molar-refractivity contribution in [2.45, 2.75) is 40.2 Å². The molecular formula is C17H24N4. The lowest BCUT2D eigenvalue weighted by Crippen LogP contribution is -2.08. The van der Waals surface area contributed by atoms with Crippen molar-refractivity contribution in [3.05, 3.63) is 47.3 Å². The summed E-state index contributed by atoms with van der Waals surface area (Å²) in [6.45, 7) is 7.93. The molecule has 2 N–H and O–H groups in total. The van der Waals surface area contributed by atoms with E-state index in [0.717, 1.165) is 37.0 Å². The molecule has 0 spiro atoms. The van der Waals surface area contributed by atoms with Gasteiger partial charge in [-0.2, -0.15) is 0 Å². The fourth-order valence-corrected chi connectivity index (χ4v) is 2.16. The monoisotopic (exact) mass is 284 g/mol. The number of aromatic nitrogens is 2. The lowest BCUT2D eigenvalue weighted by atomic mass is 10.1. The fourth-order valence-electron chi connectivity index (χ4n) is 2.16. The summed E-state index contributed by atoms with van der Waals surface area (Å²) in [5.41, 5.74) is 2.53. The smallest absolute Gasteiger partial charge is 0.132 e. The van der Waals surface area contributed by atoms with Gasteiger partial charge in [0, 0.05) is 19.2 Å². The molecule has 0 fully saturated rings. The van der Waals surface area contributed by atoms with Crippen LogP contribution in [0.2, 0.25) is 0 Å². The molecule has 1 heterocycles. The number of hydrogen-bond donors (Lipinski definition) is 2. The van der Waals surface area contributed by atoms with E-state index >= 15 is 0 Å². The normalized spacial score (nSPS) is 10.4. The number of nitrogens with one attached hydrogen (secondary N) is 2. The molecule has 0 saturated heterocycles. The number of aryl methyl sites for hydroxylation is 2. The molecule has 4 nitrogen and oxygen atoms in total. The third kappa shape index (κ3) is 5.06. The van der Waals surface area contributed by atoms with Gasteiger partial charge >= 0.3 is 0 Å². The highest BCUT2D eigenvalue weighted by Crippen LogP contribution is 2.13. The van der Waals surface area contributed by atoms with Crippen LogP contribution in [0.15, 0.2) is 30.3 Å². The number of anilines is 2. The van der Waals surface area contributed by atoms with Crippen molar-refractivity contribution in [1.29, 1.82) is 0 Å². The first-order chi connectivity index (χ1) is 10.2. The maximum atomic E-state index is 4.44. The Bertz CT molecular complexity index is 581. The molecule has 0 amide bonds. The number of hydrogen-bond acceptors (Lipinski definition) is 4. The zero-order valence-electron chi connectivity index (χ0n) is 13.1. The molecule has 1 aromatic carbocycles. The molecular weight excluding hydrogens is 260 g/mol. The Labute approximate surface area is 127 Å². The van der Waals surface area contributed by atoms with Crippen LogP contribution in [-0.2, 0) is 6.54 Å². The highest BCUT2D eigenvalue weighted by molar-refractivity contribution is 5.47. The van der Waals surface area contributed by atoms with Gasteiger partial charge in [0.25, 0.3) is 0 Å². The van der Waals surface area contributed by atoms with E-state index in [1.807, 2.05) is 13.0 Å². The molecule has 2 rings (SSSR count). The first-order valence-electron chi connectivity index (χ1n) is 7.56. The molecule has 4 heteroatoms. The summed E-state index contributed by atoms with van der Waals surface area (Å²) >= 11 is 0. The van der Waals surface area contributed by atoms with E-state index in [-0.39, 0.29) is 0 Å². The minimum atomic E-state index is 0.770. The van der Waals surface area contributed by atoms with E-state index in [0.29, 0.717) is 0 Å². The zero-order valence-corrected chi connectivity index (χ0v) is 13.1. The Morgan fingerprint density at radius 1 is 1.00 bits per heavy atom. The molecule has 2 aromatic rings. The van der Waals surface area contributed by atoms with Gasteiger partial charge in [-0.15, -0.1) is 0 Å². The summed E-state index contributed by atoms with van der Waals surface area (Å²) in [6, 6.07) is 10.5. The zero-order chi connectivity index (χ0) is 15.1.